The maximum Gasteiger partial charge on any atom is 0.303 e. The summed E-state index contributed by atoms with van der Waals surface area (Å²) in [6.07, 6.45) is 6.82. The van der Waals surface area contributed by atoms with E-state index in [0.29, 0.717) is 6.54 Å². The number of amides is 2. The Labute approximate surface area is 297 Å². The van der Waals surface area contributed by atoms with Gasteiger partial charge in [0.05, 0.1) is 30.9 Å². The third-order valence-electron chi connectivity index (χ3n) is 12.8. The van der Waals surface area contributed by atoms with Crippen molar-refractivity contribution in [2.45, 2.75) is 104 Å². The number of carbonyl (C=O) groups is 2. The van der Waals surface area contributed by atoms with Gasteiger partial charge < -0.3 is 19.7 Å². The molecule has 0 saturated heterocycles. The molecule has 3 aliphatic rings. The maximum absolute atomic E-state index is 14.1. The summed E-state index contributed by atoms with van der Waals surface area (Å²) in [6, 6.07) is 11.1. The van der Waals surface area contributed by atoms with Crippen LogP contribution in [0.3, 0.4) is 0 Å². The lowest BCUT2D eigenvalue weighted by atomic mass is 9.70. The molecule has 1 heterocycles. The highest BCUT2D eigenvalue weighted by molar-refractivity contribution is 7.87. The summed E-state index contributed by atoms with van der Waals surface area (Å²) < 4.78 is 36.0. The zero-order chi connectivity index (χ0) is 36.3. The average molecular weight is 707 g/mol. The van der Waals surface area contributed by atoms with E-state index in [1.165, 1.54) is 26.1 Å². The van der Waals surface area contributed by atoms with Crippen molar-refractivity contribution in [1.29, 1.82) is 0 Å². The van der Waals surface area contributed by atoms with E-state index in [2.05, 4.69) is 48.4 Å². The van der Waals surface area contributed by atoms with Gasteiger partial charge in [0.1, 0.15) is 5.75 Å². The Morgan fingerprint density at radius 1 is 1.06 bits per heavy atom. The predicted octanol–water partition coefficient (Wildman–Crippen LogP) is 6.15. The molecule has 3 saturated carbocycles. The number of ether oxygens (including phenoxy) is 1. The second-order valence-electron chi connectivity index (χ2n) is 16.0. The zero-order valence-electron chi connectivity index (χ0n) is 30.8. The Bertz CT molecular complexity index is 1910. The Morgan fingerprint density at radius 3 is 2.36 bits per heavy atom. The van der Waals surface area contributed by atoms with Crippen molar-refractivity contribution in [3.63, 3.8) is 0 Å². The van der Waals surface area contributed by atoms with Crippen LogP contribution in [0.2, 0.25) is 0 Å². The lowest BCUT2D eigenvalue weighted by molar-refractivity contribution is -0.127. The number of methoxy groups -OCH3 is 1. The monoisotopic (exact) mass is 706 g/mol. The molecule has 6 rings (SSSR count). The number of hydrogen-bond acceptors (Lipinski definition) is 6. The van der Waals surface area contributed by atoms with Gasteiger partial charge in [-0.3, -0.25) is 9.59 Å². The van der Waals surface area contributed by atoms with Crippen molar-refractivity contribution in [1.82, 2.24) is 18.9 Å². The first-order valence-electron chi connectivity index (χ1n) is 18.1. The predicted molar refractivity (Wildman–Crippen MR) is 196 cm³/mol. The van der Waals surface area contributed by atoms with Crippen molar-refractivity contribution in [3.05, 3.63) is 53.1 Å². The number of nitrogens with zero attached hydrogens (tertiary/aromatic N) is 2. The third-order valence-corrected chi connectivity index (χ3v) is 14.2. The molecule has 3 unspecified atom stereocenters. The van der Waals surface area contributed by atoms with Gasteiger partial charge in [0, 0.05) is 48.1 Å². The first kappa shape index (κ1) is 36.4. The van der Waals surface area contributed by atoms with E-state index in [1.54, 1.807) is 19.2 Å². The number of aryl methyl sites for hydroxylation is 1. The van der Waals surface area contributed by atoms with E-state index in [1.807, 2.05) is 25.1 Å². The number of rotatable bonds is 10. The summed E-state index contributed by atoms with van der Waals surface area (Å²) in [5.41, 5.74) is 4.92. The third kappa shape index (κ3) is 6.02. The number of nitrogens with one attached hydrogen (secondary N) is 2. The molecule has 3 aromatic rings. The number of aliphatic hydroxyl groups is 1. The molecule has 0 aliphatic heterocycles. The molecule has 272 valence electrons. The largest absolute Gasteiger partial charge is 0.497 e. The summed E-state index contributed by atoms with van der Waals surface area (Å²) in [4.78, 5) is 27.5. The van der Waals surface area contributed by atoms with E-state index in [0.717, 1.165) is 76.3 Å². The van der Waals surface area contributed by atoms with Crippen LogP contribution in [0.1, 0.15) is 100 Å². The lowest BCUT2D eigenvalue weighted by Crippen LogP contribution is -2.50. The molecular weight excluding hydrogens is 653 g/mol. The number of aliphatic hydroxyl groups excluding tert-OH is 1. The molecule has 0 spiro atoms. The Morgan fingerprint density at radius 2 is 1.76 bits per heavy atom. The van der Waals surface area contributed by atoms with Gasteiger partial charge in [-0.15, -0.1) is 0 Å². The van der Waals surface area contributed by atoms with E-state index in [4.69, 9.17) is 4.74 Å². The van der Waals surface area contributed by atoms with Crippen molar-refractivity contribution in [3.8, 4) is 17.0 Å². The number of carbonyl (C=O) groups excluding carboxylic acids is 2. The van der Waals surface area contributed by atoms with Gasteiger partial charge in [-0.2, -0.15) is 12.7 Å². The molecule has 0 radical (unpaired) electrons. The van der Waals surface area contributed by atoms with Crippen molar-refractivity contribution >= 4 is 32.9 Å². The summed E-state index contributed by atoms with van der Waals surface area (Å²) in [5.74, 6) is -0.0821. The summed E-state index contributed by atoms with van der Waals surface area (Å²) in [5, 5.41) is 15.7. The summed E-state index contributed by atoms with van der Waals surface area (Å²) >= 11 is 0. The molecule has 50 heavy (non-hydrogen) atoms. The summed E-state index contributed by atoms with van der Waals surface area (Å²) in [6.45, 7) is 10.9. The minimum Gasteiger partial charge on any atom is -0.497 e. The van der Waals surface area contributed by atoms with Gasteiger partial charge >= 0.3 is 10.2 Å². The molecule has 2 amide bonds. The zero-order valence-corrected chi connectivity index (χ0v) is 31.6. The molecule has 3 aliphatic carbocycles. The van der Waals surface area contributed by atoms with E-state index in [-0.39, 0.29) is 40.2 Å². The minimum absolute atomic E-state index is 0.0881. The number of aromatic nitrogens is 1. The molecule has 3 N–H and O–H groups in total. The molecule has 2 aromatic carbocycles. The van der Waals surface area contributed by atoms with Crippen LogP contribution in [0.4, 0.5) is 0 Å². The van der Waals surface area contributed by atoms with Gasteiger partial charge in [0.2, 0.25) is 5.91 Å². The second-order valence-corrected chi connectivity index (χ2v) is 17.9. The number of benzene rings is 2. The second kappa shape index (κ2) is 13.3. The Balaban J connectivity index is 1.47. The minimum atomic E-state index is -4.01. The molecule has 5 atom stereocenters. The number of hydrogen-bond donors (Lipinski definition) is 3. The van der Waals surface area contributed by atoms with Crippen LogP contribution in [0, 0.1) is 29.6 Å². The molecule has 11 heteroatoms. The fraction of sp³-hybridized carbons (Fsp3) is 0.590. The highest BCUT2D eigenvalue weighted by atomic mass is 32.2. The van der Waals surface area contributed by atoms with Crippen LogP contribution in [-0.4, -0.2) is 67.6 Å². The Kier molecular flexibility index (Phi) is 9.67. The average Bonchev–Trinajstić information content (AvgIpc) is 3.56. The van der Waals surface area contributed by atoms with E-state index < -0.39 is 28.1 Å². The van der Waals surface area contributed by atoms with Crippen molar-refractivity contribution < 1.29 is 27.9 Å². The lowest BCUT2D eigenvalue weighted by Gasteiger charge is -2.37. The van der Waals surface area contributed by atoms with Crippen LogP contribution < -0.4 is 14.8 Å². The fourth-order valence-electron chi connectivity index (χ4n) is 9.28. The molecule has 2 bridgehead atoms. The molecular formula is C39H54N4O6S. The van der Waals surface area contributed by atoms with Gasteiger partial charge in [0.25, 0.3) is 5.91 Å². The molecule has 10 nitrogen and oxygen atoms in total. The molecule has 3 fully saturated rings. The van der Waals surface area contributed by atoms with Crippen LogP contribution in [0.15, 0.2) is 36.4 Å². The maximum atomic E-state index is 14.1. The van der Waals surface area contributed by atoms with Gasteiger partial charge in [-0.05, 0) is 91.3 Å². The van der Waals surface area contributed by atoms with Gasteiger partial charge in [-0.25, -0.2) is 4.72 Å². The fourth-order valence-corrected chi connectivity index (χ4v) is 9.81. The molecule has 1 aromatic heterocycles. The SMILES string of the molecule is COc1ccc(-c2c(C3CCCCC3)c3ccc(C(=O)NS(=O)(=O)N(C)C)cc3n2CC(C)C(=O)N[C@@H]2C3CCC(C)([C@@H]2O)C3(C)C)c(C)c1. The van der Waals surface area contributed by atoms with Crippen molar-refractivity contribution in [2.75, 3.05) is 21.2 Å². The highest BCUT2D eigenvalue weighted by Gasteiger charge is 2.66. The van der Waals surface area contributed by atoms with Crippen LogP contribution in [0.25, 0.3) is 22.2 Å². The quantitative estimate of drug-likeness (QED) is 0.232. The highest BCUT2D eigenvalue weighted by Crippen LogP contribution is 2.65. The van der Waals surface area contributed by atoms with E-state index >= 15 is 0 Å². The van der Waals surface area contributed by atoms with Crippen LogP contribution in [-0.2, 0) is 21.5 Å². The van der Waals surface area contributed by atoms with Crippen molar-refractivity contribution in [2.24, 2.45) is 22.7 Å². The number of fused-ring (bicyclic) bond motifs is 3. The van der Waals surface area contributed by atoms with Crippen LogP contribution in [0.5, 0.6) is 5.75 Å². The van der Waals surface area contributed by atoms with Gasteiger partial charge in [-0.1, -0.05) is 53.0 Å². The first-order valence-corrected chi connectivity index (χ1v) is 19.5. The Hall–Kier alpha value is -3.41. The normalized spacial score (nSPS) is 25.6. The smallest absolute Gasteiger partial charge is 0.303 e. The van der Waals surface area contributed by atoms with E-state index in [9.17, 15) is 23.1 Å². The van der Waals surface area contributed by atoms with Gasteiger partial charge in [0.15, 0.2) is 0 Å². The topological polar surface area (TPSA) is 130 Å². The standard InChI is InChI=1S/C39H54N4O6S/c1-23-20-27(49-8)15-17-28(23)34-32(25-12-10-9-11-13-25)29-16-14-26(37(46)41-50(47,48)42(6)7)21-31(29)43(34)22-24(2)36(45)40-33-30-18-19-39(5,35(33)44)38(30,3)4/h14-17,20-21,24-25,30,33,35,44H,9-13,18-19,22H2,1-8H3,(H,40,45)(H,41,46)/t24?,30?,33-,35-,39?/m1/s1. The first-order chi connectivity index (χ1) is 23.5. The van der Waals surface area contributed by atoms with Crippen LogP contribution >= 0.6 is 0 Å². The summed E-state index contributed by atoms with van der Waals surface area (Å²) in [7, 11) is 0.381.